The quantitative estimate of drug-likeness (QED) is 0.265. The van der Waals surface area contributed by atoms with Gasteiger partial charge in [0.25, 0.3) is 5.92 Å². The van der Waals surface area contributed by atoms with Crippen LogP contribution in [0, 0.1) is 20.8 Å². The highest BCUT2D eigenvalue weighted by molar-refractivity contribution is 6.32. The lowest BCUT2D eigenvalue weighted by Gasteiger charge is -2.16. The minimum Gasteiger partial charge on any atom is -0.487 e. The second kappa shape index (κ2) is 11.6. The van der Waals surface area contributed by atoms with E-state index in [2.05, 4.69) is 44.2 Å². The van der Waals surface area contributed by atoms with Gasteiger partial charge in [-0.3, -0.25) is 9.69 Å². The number of alkyl halides is 2. The highest BCUT2D eigenvalue weighted by Gasteiger charge is 2.37. The van der Waals surface area contributed by atoms with Gasteiger partial charge in [-0.1, -0.05) is 60.2 Å². The van der Waals surface area contributed by atoms with E-state index in [0.29, 0.717) is 36.0 Å². The number of benzene rings is 3. The predicted octanol–water partition coefficient (Wildman–Crippen LogP) is 8.07. The number of nitrogens with zero attached hydrogens (tertiary/aromatic N) is 1. The highest BCUT2D eigenvalue weighted by atomic mass is 35.5. The van der Waals surface area contributed by atoms with E-state index in [4.69, 9.17) is 16.3 Å². The molecule has 6 heteroatoms. The van der Waals surface area contributed by atoms with E-state index in [1.165, 1.54) is 0 Å². The number of likely N-dealkylation sites (tertiary alicyclic amines) is 1. The van der Waals surface area contributed by atoms with Crippen LogP contribution in [0.3, 0.4) is 0 Å². The third-order valence-corrected chi connectivity index (χ3v) is 7.40. The molecule has 37 heavy (non-hydrogen) atoms. The zero-order chi connectivity index (χ0) is 26.6. The van der Waals surface area contributed by atoms with Gasteiger partial charge in [-0.05, 0) is 78.3 Å². The molecule has 1 saturated heterocycles. The molecule has 4 rings (SSSR count). The highest BCUT2D eigenvalue weighted by Crippen LogP contribution is 2.33. The predicted molar refractivity (Wildman–Crippen MR) is 147 cm³/mol. The summed E-state index contributed by atoms with van der Waals surface area (Å²) >= 11 is 6.33. The summed E-state index contributed by atoms with van der Waals surface area (Å²) in [6, 6.07) is 15.8. The molecule has 0 N–H and O–H groups in total. The standard InChI is InChI=1S/C31H32ClF2NO2/c1-21-16-30(29(32)17-26(21)18-36)37-19-25-10-7-12-28(23(25)3)27-11-6-9-24(22(27)2)8-4-5-14-35-15-13-31(33,34)20-35/h4,6-12,16-18H,5,13-15,19-20H2,1-3H3. The van der Waals surface area contributed by atoms with Gasteiger partial charge in [0.1, 0.15) is 18.6 Å². The number of aryl methyl sites for hydroxylation is 1. The molecule has 0 atom stereocenters. The second-order valence-electron chi connectivity index (χ2n) is 9.73. The van der Waals surface area contributed by atoms with Crippen LogP contribution in [-0.2, 0) is 6.61 Å². The molecular weight excluding hydrogens is 492 g/mol. The molecule has 0 aliphatic carbocycles. The molecular formula is C31H32ClF2NO2. The van der Waals surface area contributed by atoms with Crippen LogP contribution in [0.5, 0.6) is 5.75 Å². The summed E-state index contributed by atoms with van der Waals surface area (Å²) in [4.78, 5) is 13.0. The number of ether oxygens (including phenoxy) is 1. The molecule has 0 amide bonds. The molecule has 0 saturated carbocycles. The fourth-order valence-corrected chi connectivity index (χ4v) is 5.01. The van der Waals surface area contributed by atoms with Gasteiger partial charge in [0.15, 0.2) is 0 Å². The molecule has 0 unspecified atom stereocenters. The summed E-state index contributed by atoms with van der Waals surface area (Å²) < 4.78 is 32.8. The van der Waals surface area contributed by atoms with Crippen LogP contribution < -0.4 is 4.74 Å². The Morgan fingerprint density at radius 3 is 2.46 bits per heavy atom. The maximum Gasteiger partial charge on any atom is 0.261 e. The number of halogens is 3. The van der Waals surface area contributed by atoms with Crippen molar-refractivity contribution in [3.8, 4) is 16.9 Å². The average molecular weight is 524 g/mol. The van der Waals surface area contributed by atoms with Crippen molar-refractivity contribution in [3.63, 3.8) is 0 Å². The lowest BCUT2D eigenvalue weighted by molar-refractivity contribution is 0.0124. The van der Waals surface area contributed by atoms with Gasteiger partial charge in [-0.25, -0.2) is 8.78 Å². The Labute approximate surface area is 222 Å². The maximum atomic E-state index is 13.4. The number of hydrogen-bond donors (Lipinski definition) is 0. The van der Waals surface area contributed by atoms with Crippen molar-refractivity contribution in [2.24, 2.45) is 0 Å². The van der Waals surface area contributed by atoms with E-state index >= 15 is 0 Å². The molecule has 1 aliphatic heterocycles. The third kappa shape index (κ3) is 6.46. The van der Waals surface area contributed by atoms with E-state index < -0.39 is 5.92 Å². The Hall–Kier alpha value is -3.02. The molecule has 3 aromatic carbocycles. The van der Waals surface area contributed by atoms with Gasteiger partial charge in [0, 0.05) is 25.1 Å². The number of aldehydes is 1. The van der Waals surface area contributed by atoms with Gasteiger partial charge in [-0.2, -0.15) is 0 Å². The minimum absolute atomic E-state index is 0.0412. The van der Waals surface area contributed by atoms with E-state index in [1.807, 2.05) is 30.0 Å². The Morgan fingerprint density at radius 2 is 1.76 bits per heavy atom. The molecule has 3 aromatic rings. The Morgan fingerprint density at radius 1 is 1.03 bits per heavy atom. The van der Waals surface area contributed by atoms with Gasteiger partial charge < -0.3 is 4.74 Å². The lowest BCUT2D eigenvalue weighted by Crippen LogP contribution is -2.25. The maximum absolute atomic E-state index is 13.4. The Kier molecular flexibility index (Phi) is 8.46. The van der Waals surface area contributed by atoms with Crippen LogP contribution >= 0.6 is 11.6 Å². The average Bonchev–Trinajstić information content (AvgIpc) is 3.22. The Balaban J connectivity index is 1.47. The molecule has 0 bridgehead atoms. The zero-order valence-corrected chi connectivity index (χ0v) is 22.2. The molecule has 3 nitrogen and oxygen atoms in total. The summed E-state index contributed by atoms with van der Waals surface area (Å²) in [6.45, 7) is 7.38. The monoisotopic (exact) mass is 523 g/mol. The first-order valence-corrected chi connectivity index (χ1v) is 12.9. The van der Waals surface area contributed by atoms with E-state index in [1.54, 1.807) is 12.1 Å². The topological polar surface area (TPSA) is 29.5 Å². The first kappa shape index (κ1) is 27.0. The minimum atomic E-state index is -2.54. The molecule has 1 aliphatic rings. The number of hydrogen-bond acceptors (Lipinski definition) is 3. The van der Waals surface area contributed by atoms with Crippen molar-refractivity contribution in [3.05, 3.63) is 93.0 Å². The van der Waals surface area contributed by atoms with Crippen molar-refractivity contribution < 1.29 is 18.3 Å². The first-order chi connectivity index (χ1) is 17.7. The summed E-state index contributed by atoms with van der Waals surface area (Å²) in [7, 11) is 0. The molecule has 1 fully saturated rings. The summed E-state index contributed by atoms with van der Waals surface area (Å²) in [6.07, 6.45) is 5.64. The number of carbonyl (C=O) groups excluding carboxylic acids is 1. The van der Waals surface area contributed by atoms with Crippen molar-refractivity contribution in [1.82, 2.24) is 4.90 Å². The van der Waals surface area contributed by atoms with Gasteiger partial charge in [0.2, 0.25) is 0 Å². The SMILES string of the molecule is Cc1cc(OCc2cccc(-c3cccc(C=CCCN4CCC(F)(F)C4)c3C)c2C)c(Cl)cc1C=O. The van der Waals surface area contributed by atoms with Crippen LogP contribution in [0.15, 0.2) is 54.6 Å². The first-order valence-electron chi connectivity index (χ1n) is 12.5. The lowest BCUT2D eigenvalue weighted by atomic mass is 9.91. The van der Waals surface area contributed by atoms with Crippen molar-refractivity contribution in [2.45, 2.75) is 46.1 Å². The summed E-state index contributed by atoms with van der Waals surface area (Å²) in [5, 5.41) is 0.412. The molecule has 0 aromatic heterocycles. The van der Waals surface area contributed by atoms with Crippen LogP contribution in [-0.4, -0.2) is 36.7 Å². The van der Waals surface area contributed by atoms with Gasteiger partial charge in [0.05, 0.1) is 11.6 Å². The van der Waals surface area contributed by atoms with E-state index in [9.17, 15) is 13.6 Å². The summed E-state index contributed by atoms with van der Waals surface area (Å²) in [5.74, 6) is -1.99. The molecule has 1 heterocycles. The van der Waals surface area contributed by atoms with E-state index in [0.717, 1.165) is 51.7 Å². The van der Waals surface area contributed by atoms with Crippen LogP contribution in [0.25, 0.3) is 17.2 Å². The largest absolute Gasteiger partial charge is 0.487 e. The Bertz CT molecular complexity index is 1320. The van der Waals surface area contributed by atoms with Crippen molar-refractivity contribution in [1.29, 1.82) is 0 Å². The fraction of sp³-hybridized carbons (Fsp3) is 0.323. The van der Waals surface area contributed by atoms with Crippen LogP contribution in [0.4, 0.5) is 8.78 Å². The van der Waals surface area contributed by atoms with Crippen molar-refractivity contribution in [2.75, 3.05) is 19.6 Å². The van der Waals surface area contributed by atoms with Gasteiger partial charge in [-0.15, -0.1) is 0 Å². The number of rotatable bonds is 9. The normalized spacial score (nSPS) is 15.4. The molecule has 0 radical (unpaired) electrons. The number of carbonyl (C=O) groups is 1. The van der Waals surface area contributed by atoms with Crippen LogP contribution in [0.2, 0.25) is 5.02 Å². The van der Waals surface area contributed by atoms with E-state index in [-0.39, 0.29) is 13.0 Å². The molecule has 194 valence electrons. The molecule has 0 spiro atoms. The van der Waals surface area contributed by atoms with Crippen molar-refractivity contribution >= 4 is 24.0 Å². The fourth-order valence-electron chi connectivity index (χ4n) is 4.79. The zero-order valence-electron chi connectivity index (χ0n) is 21.5. The van der Waals surface area contributed by atoms with Crippen LogP contribution in [0.1, 0.15) is 51.0 Å². The summed E-state index contributed by atoms with van der Waals surface area (Å²) in [5.41, 5.74) is 8.10. The second-order valence-corrected chi connectivity index (χ2v) is 10.1. The third-order valence-electron chi connectivity index (χ3n) is 7.10. The smallest absolute Gasteiger partial charge is 0.261 e. The van der Waals surface area contributed by atoms with Gasteiger partial charge >= 0.3 is 0 Å².